The molecule has 7 heteroatoms. The first-order chi connectivity index (χ1) is 12.7. The van der Waals surface area contributed by atoms with Gasteiger partial charge in [-0.25, -0.2) is 4.98 Å². The number of methoxy groups -OCH3 is 1. The maximum Gasteiger partial charge on any atom is 0.256 e. The van der Waals surface area contributed by atoms with Gasteiger partial charge < -0.3 is 14.2 Å². The Bertz CT molecular complexity index is 938. The molecule has 26 heavy (non-hydrogen) atoms. The lowest BCUT2D eigenvalue weighted by Crippen LogP contribution is -2.41. The Morgan fingerprint density at radius 3 is 2.88 bits per heavy atom. The second-order valence-corrected chi connectivity index (χ2v) is 6.28. The summed E-state index contributed by atoms with van der Waals surface area (Å²) in [6, 6.07) is 9.42. The third-order valence-electron chi connectivity index (χ3n) is 4.75. The average Bonchev–Trinajstić information content (AvgIpc) is 3.07. The van der Waals surface area contributed by atoms with Gasteiger partial charge in [0.15, 0.2) is 0 Å². The smallest absolute Gasteiger partial charge is 0.256 e. The minimum atomic E-state index is -0.119. The molecule has 4 rings (SSSR count). The zero-order valence-electron chi connectivity index (χ0n) is 14.7. The van der Waals surface area contributed by atoms with Crippen LogP contribution >= 0.6 is 0 Å². The van der Waals surface area contributed by atoms with Gasteiger partial charge in [0, 0.05) is 18.4 Å². The fourth-order valence-corrected chi connectivity index (χ4v) is 3.35. The normalized spacial score (nSPS) is 16.2. The van der Waals surface area contributed by atoms with Gasteiger partial charge in [-0.2, -0.15) is 10.2 Å². The molecule has 0 spiro atoms. The number of hydrogen-bond donors (Lipinski definition) is 0. The summed E-state index contributed by atoms with van der Waals surface area (Å²) in [7, 11) is 1.64. The highest BCUT2D eigenvalue weighted by Gasteiger charge is 2.33. The van der Waals surface area contributed by atoms with Gasteiger partial charge in [0.05, 0.1) is 37.7 Å². The van der Waals surface area contributed by atoms with Crippen LogP contribution < -0.4 is 4.74 Å². The van der Waals surface area contributed by atoms with Crippen molar-refractivity contribution in [2.24, 2.45) is 0 Å². The third-order valence-corrected chi connectivity index (χ3v) is 4.75. The predicted octanol–water partition coefficient (Wildman–Crippen LogP) is 2.39. The van der Waals surface area contributed by atoms with Crippen molar-refractivity contribution in [3.05, 3.63) is 71.6 Å². The number of nitrogens with zero attached hydrogens (tertiary/aromatic N) is 5. The molecule has 3 heterocycles. The summed E-state index contributed by atoms with van der Waals surface area (Å²) in [6.45, 7) is 3.12. The molecule has 0 radical (unpaired) electrons. The van der Waals surface area contributed by atoms with Crippen LogP contribution in [0.25, 0.3) is 0 Å². The molecular weight excluding hydrogens is 330 g/mol. The van der Waals surface area contributed by atoms with Crippen molar-refractivity contribution >= 4 is 5.91 Å². The fraction of sp³-hybridized carbons (Fsp3) is 0.263. The van der Waals surface area contributed by atoms with E-state index in [0.717, 1.165) is 22.8 Å². The van der Waals surface area contributed by atoms with Crippen LogP contribution in [-0.2, 0) is 13.1 Å². The molecule has 3 aromatic rings. The summed E-state index contributed by atoms with van der Waals surface area (Å²) in [5, 5.41) is 7.59. The molecule has 0 unspecified atom stereocenters. The van der Waals surface area contributed by atoms with Crippen molar-refractivity contribution in [1.82, 2.24) is 24.6 Å². The Morgan fingerprint density at radius 2 is 2.12 bits per heavy atom. The third kappa shape index (κ3) is 2.81. The van der Waals surface area contributed by atoms with Crippen molar-refractivity contribution in [3.8, 4) is 5.75 Å². The number of carbonyl (C=O) groups is 1. The SMILES string of the molecule is COc1cccc([C@@H]2Cn3c(C)cnc3CN2C(=O)c2ccnnc2)c1. The van der Waals surface area contributed by atoms with Crippen LogP contribution in [0.4, 0.5) is 0 Å². The summed E-state index contributed by atoms with van der Waals surface area (Å²) in [4.78, 5) is 19.4. The van der Waals surface area contributed by atoms with Gasteiger partial charge in [-0.3, -0.25) is 4.79 Å². The summed E-state index contributed by atoms with van der Waals surface area (Å²) >= 11 is 0. The molecule has 1 aliphatic heterocycles. The quantitative estimate of drug-likeness (QED) is 0.726. The second kappa shape index (κ2) is 6.59. The van der Waals surface area contributed by atoms with Crippen LogP contribution in [0.1, 0.15) is 33.5 Å². The Morgan fingerprint density at radius 1 is 1.23 bits per heavy atom. The van der Waals surface area contributed by atoms with Gasteiger partial charge in [0.2, 0.25) is 0 Å². The van der Waals surface area contributed by atoms with E-state index < -0.39 is 0 Å². The zero-order chi connectivity index (χ0) is 18.1. The molecule has 0 saturated carbocycles. The Hall–Kier alpha value is -3.22. The van der Waals surface area contributed by atoms with E-state index in [0.29, 0.717) is 18.7 Å². The van der Waals surface area contributed by atoms with E-state index in [9.17, 15) is 4.79 Å². The molecule has 2 aromatic heterocycles. The molecule has 7 nitrogen and oxygen atoms in total. The molecule has 0 aliphatic carbocycles. The minimum Gasteiger partial charge on any atom is -0.497 e. The fourth-order valence-electron chi connectivity index (χ4n) is 3.35. The van der Waals surface area contributed by atoms with Crippen LogP contribution in [0, 0.1) is 6.92 Å². The van der Waals surface area contributed by atoms with Crippen LogP contribution in [0.5, 0.6) is 5.75 Å². The van der Waals surface area contributed by atoms with E-state index in [2.05, 4.69) is 19.7 Å². The average molecular weight is 349 g/mol. The first kappa shape index (κ1) is 16.3. The van der Waals surface area contributed by atoms with Gasteiger partial charge in [-0.15, -0.1) is 0 Å². The van der Waals surface area contributed by atoms with Crippen LogP contribution in [0.2, 0.25) is 0 Å². The lowest BCUT2D eigenvalue weighted by Gasteiger charge is -2.37. The molecule has 1 amide bonds. The van der Waals surface area contributed by atoms with E-state index in [-0.39, 0.29) is 11.9 Å². The number of benzene rings is 1. The molecular formula is C19H19N5O2. The number of fused-ring (bicyclic) bond motifs is 1. The molecule has 0 bridgehead atoms. The Balaban J connectivity index is 1.77. The maximum atomic E-state index is 13.1. The van der Waals surface area contributed by atoms with Gasteiger partial charge in [-0.05, 0) is 30.7 Å². The zero-order valence-corrected chi connectivity index (χ0v) is 14.7. The van der Waals surface area contributed by atoms with E-state index in [1.54, 1.807) is 13.2 Å². The van der Waals surface area contributed by atoms with Crippen molar-refractivity contribution in [3.63, 3.8) is 0 Å². The highest BCUT2D eigenvalue weighted by Crippen LogP contribution is 2.32. The number of rotatable bonds is 3. The highest BCUT2D eigenvalue weighted by atomic mass is 16.5. The molecule has 0 N–H and O–H groups in total. The van der Waals surface area contributed by atoms with Crippen LogP contribution in [-0.4, -0.2) is 37.7 Å². The summed E-state index contributed by atoms with van der Waals surface area (Å²) < 4.78 is 7.53. The lowest BCUT2D eigenvalue weighted by molar-refractivity contribution is 0.0582. The highest BCUT2D eigenvalue weighted by molar-refractivity contribution is 5.94. The van der Waals surface area contributed by atoms with Crippen molar-refractivity contribution < 1.29 is 9.53 Å². The standard InChI is InChI=1S/C19H19N5O2/c1-13-9-20-18-12-24(19(25)15-6-7-21-22-10-15)17(11-23(13)18)14-4-3-5-16(8-14)26-2/h3-10,17H,11-12H2,1-2H3/t17-/m0/s1. The second-order valence-electron chi connectivity index (χ2n) is 6.28. The number of aromatic nitrogens is 4. The van der Waals surface area contributed by atoms with Crippen LogP contribution in [0.3, 0.4) is 0 Å². The monoisotopic (exact) mass is 349 g/mol. The summed E-state index contributed by atoms with van der Waals surface area (Å²) in [5.74, 6) is 1.57. The molecule has 1 aliphatic rings. The molecule has 0 fully saturated rings. The Labute approximate surface area is 151 Å². The first-order valence-electron chi connectivity index (χ1n) is 8.40. The molecule has 1 aromatic carbocycles. The largest absolute Gasteiger partial charge is 0.497 e. The number of ether oxygens (including phenoxy) is 1. The molecule has 0 saturated heterocycles. The van der Waals surface area contributed by atoms with Crippen molar-refractivity contribution in [1.29, 1.82) is 0 Å². The number of aryl methyl sites for hydroxylation is 1. The van der Waals surface area contributed by atoms with Crippen molar-refractivity contribution in [2.75, 3.05) is 7.11 Å². The van der Waals surface area contributed by atoms with E-state index in [4.69, 9.17) is 4.74 Å². The van der Waals surface area contributed by atoms with E-state index in [1.165, 1.54) is 12.4 Å². The predicted molar refractivity (Wildman–Crippen MR) is 94.6 cm³/mol. The molecule has 1 atom stereocenters. The topological polar surface area (TPSA) is 73.1 Å². The van der Waals surface area contributed by atoms with Gasteiger partial charge in [0.25, 0.3) is 5.91 Å². The van der Waals surface area contributed by atoms with Gasteiger partial charge in [0.1, 0.15) is 11.6 Å². The number of carbonyl (C=O) groups excluding carboxylic acids is 1. The van der Waals surface area contributed by atoms with Gasteiger partial charge in [-0.1, -0.05) is 12.1 Å². The number of amides is 1. The Kier molecular flexibility index (Phi) is 4.12. The maximum absolute atomic E-state index is 13.1. The first-order valence-corrected chi connectivity index (χ1v) is 8.40. The van der Waals surface area contributed by atoms with Gasteiger partial charge >= 0.3 is 0 Å². The number of imidazole rings is 1. The summed E-state index contributed by atoms with van der Waals surface area (Å²) in [5.41, 5.74) is 2.63. The van der Waals surface area contributed by atoms with Crippen LogP contribution in [0.15, 0.2) is 48.9 Å². The molecule has 132 valence electrons. The van der Waals surface area contributed by atoms with E-state index in [1.807, 2.05) is 42.3 Å². The summed E-state index contributed by atoms with van der Waals surface area (Å²) in [6.07, 6.45) is 4.88. The minimum absolute atomic E-state index is 0.0837. The van der Waals surface area contributed by atoms with Crippen molar-refractivity contribution in [2.45, 2.75) is 26.1 Å². The number of hydrogen-bond acceptors (Lipinski definition) is 5. The van der Waals surface area contributed by atoms with E-state index >= 15 is 0 Å². The lowest BCUT2D eigenvalue weighted by atomic mass is 10.0.